The van der Waals surface area contributed by atoms with Crippen LogP contribution in [0.25, 0.3) is 11.6 Å². The number of imide groups is 1. The Hall–Kier alpha value is -4.23. The molecule has 1 aromatic heterocycles. The number of carbonyl (C=O) groups excluding carboxylic acids is 2. The second-order valence-corrected chi connectivity index (χ2v) is 13.7. The van der Waals surface area contributed by atoms with Gasteiger partial charge >= 0.3 is 0 Å². The van der Waals surface area contributed by atoms with Crippen LogP contribution in [-0.2, 0) is 14.3 Å². The molecule has 244 valence electrons. The first-order valence-corrected chi connectivity index (χ1v) is 17.2. The third kappa shape index (κ3) is 6.26. The van der Waals surface area contributed by atoms with Crippen LogP contribution in [0, 0.1) is 31.6 Å². The molecule has 2 amide bonds. The van der Waals surface area contributed by atoms with Gasteiger partial charge in [-0.25, -0.2) is 0 Å². The van der Waals surface area contributed by atoms with Gasteiger partial charge in [0.2, 0.25) is 11.8 Å². The molecule has 4 aliphatic rings. The van der Waals surface area contributed by atoms with Gasteiger partial charge in [-0.2, -0.15) is 0 Å². The Morgan fingerprint density at radius 3 is 2.45 bits per heavy atom. The van der Waals surface area contributed by atoms with Gasteiger partial charge in [0.1, 0.15) is 18.1 Å². The Balaban J connectivity index is 1.19. The maximum Gasteiger partial charge on any atom is 0.234 e. The Bertz CT molecular complexity index is 1670. The molecular formula is C40H44N2O5. The summed E-state index contributed by atoms with van der Waals surface area (Å²) in [6, 6.07) is 19.7. The van der Waals surface area contributed by atoms with Gasteiger partial charge in [0.15, 0.2) is 0 Å². The molecule has 0 bridgehead atoms. The maximum atomic E-state index is 14.1. The number of allylic oxidation sites excluding steroid dienone is 1. The third-order valence-corrected chi connectivity index (χ3v) is 10.7. The minimum absolute atomic E-state index is 0.00599. The number of rotatable bonds is 9. The molecule has 2 aliphatic heterocycles. The summed E-state index contributed by atoms with van der Waals surface area (Å²) in [6.45, 7) is 4.64. The highest BCUT2D eigenvalue weighted by atomic mass is 16.5. The average molecular weight is 633 g/mol. The number of pyridine rings is 1. The van der Waals surface area contributed by atoms with Gasteiger partial charge in [-0.1, -0.05) is 43.5 Å². The monoisotopic (exact) mass is 632 g/mol. The maximum absolute atomic E-state index is 14.1. The lowest BCUT2D eigenvalue weighted by Crippen LogP contribution is -2.42. The molecule has 0 unspecified atom stereocenters. The van der Waals surface area contributed by atoms with Crippen molar-refractivity contribution in [2.75, 3.05) is 13.2 Å². The number of phenols is 1. The van der Waals surface area contributed by atoms with E-state index in [0.717, 1.165) is 70.5 Å². The van der Waals surface area contributed by atoms with E-state index in [4.69, 9.17) is 9.47 Å². The number of likely N-dealkylation sites (tertiary alicyclic amines) is 1. The fourth-order valence-electron chi connectivity index (χ4n) is 8.40. The minimum Gasteiger partial charge on any atom is -0.507 e. The Morgan fingerprint density at radius 2 is 1.72 bits per heavy atom. The number of amides is 2. The summed E-state index contributed by atoms with van der Waals surface area (Å²) in [5.74, 6) is 0.288. The van der Waals surface area contributed by atoms with Crippen molar-refractivity contribution in [3.8, 4) is 11.5 Å². The van der Waals surface area contributed by atoms with Crippen molar-refractivity contribution < 1.29 is 24.2 Å². The molecule has 1 saturated carbocycles. The predicted octanol–water partition coefficient (Wildman–Crippen LogP) is 7.45. The molecule has 2 aromatic carbocycles. The van der Waals surface area contributed by atoms with Crippen LogP contribution in [0.3, 0.4) is 0 Å². The van der Waals surface area contributed by atoms with Gasteiger partial charge < -0.3 is 14.6 Å². The smallest absolute Gasteiger partial charge is 0.234 e. The fraction of sp³-hybridized carbons (Fsp3) is 0.425. The summed E-state index contributed by atoms with van der Waals surface area (Å²) in [7, 11) is 0. The Morgan fingerprint density at radius 1 is 0.979 bits per heavy atom. The van der Waals surface area contributed by atoms with Crippen LogP contribution in [0.4, 0.5) is 0 Å². The first kappa shape index (κ1) is 31.4. The van der Waals surface area contributed by atoms with Gasteiger partial charge in [-0.3, -0.25) is 19.5 Å². The molecule has 7 nitrogen and oxygen atoms in total. The lowest BCUT2D eigenvalue weighted by atomic mass is 9.69. The quantitative estimate of drug-likeness (QED) is 0.195. The van der Waals surface area contributed by atoms with E-state index in [1.54, 1.807) is 4.90 Å². The minimum atomic E-state index is -0.362. The van der Waals surface area contributed by atoms with Crippen LogP contribution < -0.4 is 4.74 Å². The molecule has 3 heterocycles. The predicted molar refractivity (Wildman–Crippen MR) is 181 cm³/mol. The van der Waals surface area contributed by atoms with Crippen molar-refractivity contribution in [1.82, 2.24) is 9.88 Å². The van der Waals surface area contributed by atoms with Crippen molar-refractivity contribution in [1.29, 1.82) is 0 Å². The number of hydrogen-bond acceptors (Lipinski definition) is 6. The summed E-state index contributed by atoms with van der Waals surface area (Å²) in [5, 5.41) is 10.4. The zero-order chi connectivity index (χ0) is 32.5. The van der Waals surface area contributed by atoms with Crippen molar-refractivity contribution in [3.63, 3.8) is 0 Å². The molecule has 3 aromatic rings. The van der Waals surface area contributed by atoms with E-state index in [0.29, 0.717) is 38.2 Å². The largest absolute Gasteiger partial charge is 0.507 e. The highest BCUT2D eigenvalue weighted by molar-refractivity contribution is 6.06. The molecule has 3 fully saturated rings. The fourth-order valence-corrected chi connectivity index (χ4v) is 8.40. The number of carbonyl (C=O) groups is 2. The molecule has 0 spiro atoms. The molecule has 7 heteroatoms. The van der Waals surface area contributed by atoms with E-state index in [1.807, 2.05) is 80.7 Å². The number of nitrogens with zero attached hydrogens (tertiary/aromatic N) is 2. The van der Waals surface area contributed by atoms with Crippen molar-refractivity contribution >= 4 is 23.5 Å². The molecule has 1 N–H and O–H groups in total. The van der Waals surface area contributed by atoms with Gasteiger partial charge in [0.05, 0.1) is 30.2 Å². The Kier molecular flexibility index (Phi) is 9.00. The molecular weight excluding hydrogens is 588 g/mol. The zero-order valence-corrected chi connectivity index (χ0v) is 27.4. The van der Waals surface area contributed by atoms with Crippen LogP contribution in [0.2, 0.25) is 0 Å². The topological polar surface area (TPSA) is 89.0 Å². The standard InChI is InChI=1S/C40H44N2O5/c1-25-19-27(20-26(2)38(25)43)21-28(34-15-9-10-18-41-34)16-17-35-36-29(23-46-31-13-7-4-8-14-31)22-32-37(33(36)24-47-35)40(45)42(39(32)44)30-11-5-3-6-12-30/h4,7-10,13-15,18-21,30,32-33,35,37,43H,3,5-6,11-12,16-17,22-24H2,1-2H3/b28-21-/t32-,33+,35-,37-/m1/s1. The number of hydrogen-bond donors (Lipinski definition) is 1. The summed E-state index contributed by atoms with van der Waals surface area (Å²) in [4.78, 5) is 34.3. The number of ether oxygens (including phenoxy) is 2. The number of fused-ring (bicyclic) bond motifs is 3. The molecule has 7 rings (SSSR count). The van der Waals surface area contributed by atoms with Gasteiger partial charge in [0, 0.05) is 18.2 Å². The van der Waals surface area contributed by atoms with E-state index in [-0.39, 0.29) is 41.7 Å². The van der Waals surface area contributed by atoms with E-state index in [1.165, 1.54) is 6.42 Å². The zero-order valence-electron chi connectivity index (χ0n) is 27.4. The summed E-state index contributed by atoms with van der Waals surface area (Å²) >= 11 is 0. The van der Waals surface area contributed by atoms with Crippen LogP contribution in [0.15, 0.2) is 78.0 Å². The molecule has 4 atom stereocenters. The van der Waals surface area contributed by atoms with Crippen molar-refractivity contribution in [3.05, 3.63) is 100 Å². The van der Waals surface area contributed by atoms with Crippen LogP contribution in [0.1, 0.15) is 73.8 Å². The van der Waals surface area contributed by atoms with E-state index >= 15 is 0 Å². The number of aromatic nitrogens is 1. The highest BCUT2D eigenvalue weighted by Crippen LogP contribution is 2.51. The lowest BCUT2D eigenvalue weighted by Gasteiger charge is -2.32. The highest BCUT2D eigenvalue weighted by Gasteiger charge is 2.58. The van der Waals surface area contributed by atoms with Crippen molar-refractivity contribution in [2.24, 2.45) is 17.8 Å². The number of aromatic hydroxyl groups is 1. The van der Waals surface area contributed by atoms with Gasteiger partial charge in [-0.15, -0.1) is 0 Å². The second kappa shape index (κ2) is 13.5. The van der Waals surface area contributed by atoms with Crippen LogP contribution in [-0.4, -0.2) is 52.2 Å². The average Bonchev–Trinajstić information content (AvgIpc) is 3.63. The van der Waals surface area contributed by atoms with E-state index in [2.05, 4.69) is 11.1 Å². The lowest BCUT2D eigenvalue weighted by molar-refractivity contribution is -0.143. The van der Waals surface area contributed by atoms with E-state index in [9.17, 15) is 14.7 Å². The third-order valence-electron chi connectivity index (χ3n) is 10.7. The second-order valence-electron chi connectivity index (χ2n) is 13.7. The summed E-state index contributed by atoms with van der Waals surface area (Å²) in [5.41, 5.74) is 6.92. The number of aryl methyl sites for hydroxylation is 2. The molecule has 2 aliphatic carbocycles. The number of phenolic OH excluding ortho intramolecular Hbond substituents is 1. The summed E-state index contributed by atoms with van der Waals surface area (Å²) < 4.78 is 12.9. The molecule has 47 heavy (non-hydrogen) atoms. The van der Waals surface area contributed by atoms with Crippen molar-refractivity contribution in [2.45, 2.75) is 77.4 Å². The van der Waals surface area contributed by atoms with Crippen LogP contribution >= 0.6 is 0 Å². The number of benzene rings is 2. The molecule has 0 radical (unpaired) electrons. The van der Waals surface area contributed by atoms with E-state index < -0.39 is 0 Å². The van der Waals surface area contributed by atoms with Gasteiger partial charge in [-0.05, 0) is 122 Å². The van der Waals surface area contributed by atoms with Gasteiger partial charge in [0.25, 0.3) is 0 Å². The first-order valence-electron chi connectivity index (χ1n) is 17.2. The molecule has 2 saturated heterocycles. The Labute approximate surface area is 277 Å². The van der Waals surface area contributed by atoms with Crippen LogP contribution in [0.5, 0.6) is 11.5 Å². The normalized spacial score (nSPS) is 24.9. The summed E-state index contributed by atoms with van der Waals surface area (Å²) in [6.07, 6.45) is 10.9. The SMILES string of the molecule is Cc1cc(/C=C(/CC[C@H]2OC[C@H]3C2=C(COc2ccccc2)C[C@H]2C(=O)N(C4CCCCC4)C(=O)[C@H]23)c2ccccn2)cc(C)c1O. The first-order chi connectivity index (χ1) is 22.9. The number of para-hydroxylation sites is 1.